The van der Waals surface area contributed by atoms with Crippen LogP contribution in [0.1, 0.15) is 18.9 Å². The minimum Gasteiger partial charge on any atom is -0.479 e. The molecule has 0 fully saturated rings. The number of rotatable bonds is 7. The van der Waals surface area contributed by atoms with Gasteiger partial charge in [-0.05, 0) is 31.0 Å². The Labute approximate surface area is 112 Å². The largest absolute Gasteiger partial charge is 0.479 e. The number of carbonyl (C=O) groups excluding carboxylic acids is 1. The summed E-state index contributed by atoms with van der Waals surface area (Å²) in [5.74, 6) is 0.480. The summed E-state index contributed by atoms with van der Waals surface area (Å²) in [6.45, 7) is 1.89. The first-order chi connectivity index (χ1) is 9.15. The molecule has 0 aliphatic rings. The molecule has 0 saturated heterocycles. The van der Waals surface area contributed by atoms with Gasteiger partial charge in [-0.3, -0.25) is 4.79 Å². The Kier molecular flexibility index (Phi) is 6.41. The number of aliphatic hydroxyl groups excluding tert-OH is 1. The molecule has 2 N–H and O–H groups in total. The Balaban J connectivity index is 2.52. The predicted octanol–water partition coefficient (Wildman–Crippen LogP) is 1.02. The van der Waals surface area contributed by atoms with Gasteiger partial charge in [-0.25, -0.2) is 0 Å². The molecule has 0 spiro atoms. The van der Waals surface area contributed by atoms with E-state index in [4.69, 9.17) is 15.1 Å². The topological polar surface area (TPSA) is 82.3 Å². The van der Waals surface area contributed by atoms with Crippen molar-refractivity contribution < 1.29 is 14.6 Å². The van der Waals surface area contributed by atoms with E-state index in [9.17, 15) is 4.79 Å². The van der Waals surface area contributed by atoms with Gasteiger partial charge in [0.05, 0.1) is 6.42 Å². The number of nitriles is 1. The van der Waals surface area contributed by atoms with Crippen LogP contribution in [0.3, 0.4) is 0 Å². The number of hydrogen-bond donors (Lipinski definition) is 2. The third-order valence-electron chi connectivity index (χ3n) is 2.54. The van der Waals surface area contributed by atoms with Gasteiger partial charge in [-0.15, -0.1) is 0 Å². The number of hydrogen-bond acceptors (Lipinski definition) is 4. The van der Waals surface area contributed by atoms with Gasteiger partial charge in [0.1, 0.15) is 11.8 Å². The van der Waals surface area contributed by atoms with Crippen LogP contribution >= 0.6 is 0 Å². The fraction of sp³-hybridized carbons (Fsp3) is 0.429. The van der Waals surface area contributed by atoms with E-state index in [0.717, 1.165) is 5.56 Å². The molecule has 1 unspecified atom stereocenters. The molecule has 0 heterocycles. The number of amides is 1. The van der Waals surface area contributed by atoms with Gasteiger partial charge in [-0.2, -0.15) is 5.26 Å². The first kappa shape index (κ1) is 15.0. The summed E-state index contributed by atoms with van der Waals surface area (Å²) in [5.41, 5.74) is 0.823. The number of benzene rings is 1. The molecule has 0 aliphatic heterocycles. The van der Waals surface area contributed by atoms with Gasteiger partial charge >= 0.3 is 0 Å². The Morgan fingerprint density at radius 2 is 2.37 bits per heavy atom. The number of nitrogens with zero attached hydrogens (tertiary/aromatic N) is 1. The number of nitrogens with one attached hydrogen (secondary N) is 1. The van der Waals surface area contributed by atoms with Crippen molar-refractivity contribution in [3.8, 4) is 11.8 Å². The van der Waals surface area contributed by atoms with Gasteiger partial charge in [0.15, 0.2) is 6.61 Å². The first-order valence-corrected chi connectivity index (χ1v) is 6.14. The van der Waals surface area contributed by atoms with Crippen molar-refractivity contribution in [1.82, 2.24) is 5.32 Å². The monoisotopic (exact) mass is 262 g/mol. The Hall–Kier alpha value is -2.06. The minimum atomic E-state index is -0.0987. The van der Waals surface area contributed by atoms with Crippen molar-refractivity contribution in [2.75, 3.05) is 13.2 Å². The normalized spacial score (nSPS) is 11.4. The second kappa shape index (κ2) is 8.11. The van der Waals surface area contributed by atoms with Crippen molar-refractivity contribution in [2.24, 2.45) is 0 Å². The van der Waals surface area contributed by atoms with Crippen molar-refractivity contribution >= 4 is 5.91 Å². The summed E-state index contributed by atoms with van der Waals surface area (Å²) >= 11 is 0. The van der Waals surface area contributed by atoms with E-state index in [0.29, 0.717) is 12.2 Å². The number of ether oxygens (including phenoxy) is 1. The number of aliphatic hydroxyl groups is 1. The second-order valence-electron chi connectivity index (χ2n) is 4.25. The average molecular weight is 262 g/mol. The zero-order valence-corrected chi connectivity index (χ0v) is 10.9. The summed E-state index contributed by atoms with van der Waals surface area (Å²) in [6, 6.07) is 8.95. The molecule has 1 amide bonds. The average Bonchev–Trinajstić information content (AvgIpc) is 2.36. The van der Waals surface area contributed by atoms with E-state index < -0.39 is 0 Å². The van der Waals surface area contributed by atoms with E-state index in [1.165, 1.54) is 0 Å². The maximum atomic E-state index is 11.7. The van der Waals surface area contributed by atoms with Gasteiger partial charge < -0.3 is 15.2 Å². The third kappa shape index (κ3) is 5.89. The highest BCUT2D eigenvalue weighted by Crippen LogP contribution is 2.13. The molecule has 1 aromatic carbocycles. The summed E-state index contributed by atoms with van der Waals surface area (Å²) in [4.78, 5) is 11.7. The van der Waals surface area contributed by atoms with Crippen molar-refractivity contribution in [1.29, 1.82) is 5.26 Å². The Morgan fingerprint density at radius 1 is 1.58 bits per heavy atom. The molecule has 0 radical (unpaired) electrons. The molecule has 1 aromatic rings. The smallest absolute Gasteiger partial charge is 0.224 e. The van der Waals surface area contributed by atoms with E-state index >= 15 is 0 Å². The van der Waals surface area contributed by atoms with Crippen LogP contribution in [0.25, 0.3) is 0 Å². The van der Waals surface area contributed by atoms with Crippen LogP contribution in [0, 0.1) is 11.3 Å². The highest BCUT2D eigenvalue weighted by molar-refractivity contribution is 5.78. The number of carbonyl (C=O) groups is 1. The van der Waals surface area contributed by atoms with Gasteiger partial charge in [0.2, 0.25) is 5.91 Å². The standard InChI is InChI=1S/C14H18N2O3/c1-11(5-7-17)16-14(18)10-12-3-2-4-13(9-12)19-8-6-15/h2-4,9,11,17H,5,7-8,10H2,1H3,(H,16,18). The summed E-state index contributed by atoms with van der Waals surface area (Å²) in [6.07, 6.45) is 0.788. The lowest BCUT2D eigenvalue weighted by atomic mass is 10.1. The van der Waals surface area contributed by atoms with Gasteiger partial charge in [0.25, 0.3) is 0 Å². The molecule has 1 rings (SSSR count). The molecule has 102 valence electrons. The van der Waals surface area contributed by atoms with E-state index in [-0.39, 0.29) is 31.6 Å². The highest BCUT2D eigenvalue weighted by Gasteiger charge is 2.08. The summed E-state index contributed by atoms with van der Waals surface area (Å²) in [5, 5.41) is 20.0. The van der Waals surface area contributed by atoms with Gasteiger partial charge in [0, 0.05) is 12.6 Å². The molecule has 5 heteroatoms. The molecule has 19 heavy (non-hydrogen) atoms. The van der Waals surface area contributed by atoms with Crippen LogP contribution in [0.5, 0.6) is 5.75 Å². The van der Waals surface area contributed by atoms with Crippen LogP contribution in [-0.2, 0) is 11.2 Å². The SMILES string of the molecule is CC(CCO)NC(=O)Cc1cccc(OCC#N)c1. The fourth-order valence-corrected chi connectivity index (χ4v) is 1.64. The van der Waals surface area contributed by atoms with Crippen LogP contribution < -0.4 is 10.1 Å². The van der Waals surface area contributed by atoms with Gasteiger partial charge in [-0.1, -0.05) is 12.1 Å². The first-order valence-electron chi connectivity index (χ1n) is 6.14. The lowest BCUT2D eigenvalue weighted by Gasteiger charge is -2.12. The van der Waals surface area contributed by atoms with E-state index in [1.54, 1.807) is 18.2 Å². The molecule has 5 nitrogen and oxygen atoms in total. The molecule has 1 atom stereocenters. The minimum absolute atomic E-state index is 0.0107. The predicted molar refractivity (Wildman–Crippen MR) is 70.6 cm³/mol. The van der Waals surface area contributed by atoms with Crippen molar-refractivity contribution in [3.05, 3.63) is 29.8 Å². The lowest BCUT2D eigenvalue weighted by Crippen LogP contribution is -2.34. The van der Waals surface area contributed by atoms with Crippen LogP contribution in [0.2, 0.25) is 0 Å². The summed E-state index contributed by atoms with van der Waals surface area (Å²) in [7, 11) is 0. The molecular formula is C14H18N2O3. The second-order valence-corrected chi connectivity index (χ2v) is 4.25. The fourth-order valence-electron chi connectivity index (χ4n) is 1.64. The van der Waals surface area contributed by atoms with Crippen LogP contribution in [0.15, 0.2) is 24.3 Å². The van der Waals surface area contributed by atoms with E-state index in [2.05, 4.69) is 5.32 Å². The molecule has 0 aliphatic carbocycles. The van der Waals surface area contributed by atoms with Crippen LogP contribution in [0.4, 0.5) is 0 Å². The Morgan fingerprint density at radius 3 is 3.05 bits per heavy atom. The zero-order valence-electron chi connectivity index (χ0n) is 10.9. The van der Waals surface area contributed by atoms with Crippen LogP contribution in [-0.4, -0.2) is 30.3 Å². The lowest BCUT2D eigenvalue weighted by molar-refractivity contribution is -0.121. The zero-order chi connectivity index (χ0) is 14.1. The molecular weight excluding hydrogens is 244 g/mol. The van der Waals surface area contributed by atoms with E-state index in [1.807, 2.05) is 19.1 Å². The maximum absolute atomic E-state index is 11.7. The Bertz CT molecular complexity index is 454. The maximum Gasteiger partial charge on any atom is 0.224 e. The molecule has 0 aromatic heterocycles. The molecule has 0 bridgehead atoms. The third-order valence-corrected chi connectivity index (χ3v) is 2.54. The highest BCUT2D eigenvalue weighted by atomic mass is 16.5. The molecule has 0 saturated carbocycles. The quantitative estimate of drug-likeness (QED) is 0.768. The summed E-state index contributed by atoms with van der Waals surface area (Å²) < 4.78 is 5.17. The van der Waals surface area contributed by atoms with Crippen molar-refractivity contribution in [2.45, 2.75) is 25.8 Å². The van der Waals surface area contributed by atoms with Crippen molar-refractivity contribution in [3.63, 3.8) is 0 Å².